The van der Waals surface area contributed by atoms with Crippen LogP contribution in [0.15, 0.2) is 48.5 Å². The van der Waals surface area contributed by atoms with E-state index in [2.05, 4.69) is 4.98 Å². The maximum Gasteiger partial charge on any atom is 0.336 e. The number of aryl methyl sites for hydroxylation is 1. The molecule has 3 aromatic rings. The van der Waals surface area contributed by atoms with E-state index in [1.165, 1.54) is 0 Å². The smallest absolute Gasteiger partial charge is 0.336 e. The summed E-state index contributed by atoms with van der Waals surface area (Å²) < 4.78 is 1.91. The molecule has 0 aliphatic heterocycles. The lowest BCUT2D eigenvalue weighted by molar-refractivity contribution is 0.0697. The second-order valence-electron chi connectivity index (χ2n) is 4.33. The van der Waals surface area contributed by atoms with Crippen molar-refractivity contribution in [2.75, 3.05) is 0 Å². The molecule has 4 heteroatoms. The van der Waals surface area contributed by atoms with Gasteiger partial charge in [-0.3, -0.25) is 0 Å². The first kappa shape index (κ1) is 11.5. The summed E-state index contributed by atoms with van der Waals surface area (Å²) in [5.74, 6) is -0.276. The van der Waals surface area contributed by atoms with Gasteiger partial charge in [0.1, 0.15) is 5.82 Å². The van der Waals surface area contributed by atoms with Crippen LogP contribution in [0.4, 0.5) is 0 Å². The number of aromatic nitrogens is 2. The first-order valence-corrected chi connectivity index (χ1v) is 5.92. The van der Waals surface area contributed by atoms with Crippen LogP contribution >= 0.6 is 0 Å². The van der Waals surface area contributed by atoms with E-state index < -0.39 is 5.97 Å². The number of para-hydroxylation sites is 2. The Hall–Kier alpha value is -2.62. The zero-order chi connectivity index (χ0) is 13.4. The number of fused-ring (bicyclic) bond motifs is 1. The Morgan fingerprint density at radius 2 is 1.79 bits per heavy atom. The molecular weight excluding hydrogens is 240 g/mol. The minimum absolute atomic E-state index is 0.265. The highest BCUT2D eigenvalue weighted by Crippen LogP contribution is 2.26. The van der Waals surface area contributed by atoms with Crippen molar-refractivity contribution in [1.29, 1.82) is 0 Å². The third-order valence-corrected chi connectivity index (χ3v) is 3.19. The van der Waals surface area contributed by atoms with Gasteiger partial charge in [-0.15, -0.1) is 0 Å². The fourth-order valence-electron chi connectivity index (χ4n) is 2.25. The molecular formula is C15H12N2O2. The molecule has 1 heterocycles. The Morgan fingerprint density at radius 1 is 1.11 bits per heavy atom. The molecule has 19 heavy (non-hydrogen) atoms. The van der Waals surface area contributed by atoms with E-state index in [9.17, 15) is 9.90 Å². The molecule has 94 valence electrons. The Labute approximate surface area is 109 Å². The van der Waals surface area contributed by atoms with E-state index in [1.54, 1.807) is 18.2 Å². The molecule has 0 saturated carbocycles. The molecule has 0 saturated heterocycles. The second-order valence-corrected chi connectivity index (χ2v) is 4.33. The van der Waals surface area contributed by atoms with Crippen LogP contribution in [0.2, 0.25) is 0 Å². The number of rotatable bonds is 2. The highest BCUT2D eigenvalue weighted by Gasteiger charge is 2.16. The van der Waals surface area contributed by atoms with Gasteiger partial charge in [0.05, 0.1) is 16.6 Å². The Kier molecular flexibility index (Phi) is 2.56. The molecule has 0 atom stereocenters. The van der Waals surface area contributed by atoms with Crippen molar-refractivity contribution >= 4 is 17.0 Å². The molecule has 0 bridgehead atoms. The molecule has 0 spiro atoms. The summed E-state index contributed by atoms with van der Waals surface area (Å²) in [5, 5.41) is 9.26. The van der Waals surface area contributed by atoms with Gasteiger partial charge in [0, 0.05) is 12.6 Å². The van der Waals surface area contributed by atoms with Crippen molar-refractivity contribution in [3.8, 4) is 11.4 Å². The number of hydrogen-bond acceptors (Lipinski definition) is 2. The average molecular weight is 252 g/mol. The molecule has 0 amide bonds. The summed E-state index contributed by atoms with van der Waals surface area (Å²) >= 11 is 0. The van der Waals surface area contributed by atoms with E-state index in [1.807, 2.05) is 41.9 Å². The number of carboxylic acids is 1. The minimum Gasteiger partial charge on any atom is -0.478 e. The highest BCUT2D eigenvalue weighted by atomic mass is 16.4. The molecule has 3 rings (SSSR count). The van der Waals surface area contributed by atoms with Gasteiger partial charge < -0.3 is 9.67 Å². The van der Waals surface area contributed by atoms with E-state index >= 15 is 0 Å². The van der Waals surface area contributed by atoms with Crippen molar-refractivity contribution in [2.45, 2.75) is 0 Å². The summed E-state index contributed by atoms with van der Waals surface area (Å²) in [7, 11) is 1.89. The van der Waals surface area contributed by atoms with Crippen LogP contribution in [0.3, 0.4) is 0 Å². The number of imidazole rings is 1. The van der Waals surface area contributed by atoms with Gasteiger partial charge in [0.15, 0.2) is 0 Å². The average Bonchev–Trinajstić information content (AvgIpc) is 2.76. The molecule has 0 fully saturated rings. The van der Waals surface area contributed by atoms with Gasteiger partial charge in [0.25, 0.3) is 0 Å². The first-order chi connectivity index (χ1) is 9.18. The summed E-state index contributed by atoms with van der Waals surface area (Å²) in [6.07, 6.45) is 0. The predicted octanol–water partition coefficient (Wildman–Crippen LogP) is 2.94. The summed E-state index contributed by atoms with van der Waals surface area (Å²) in [6.45, 7) is 0. The fourth-order valence-corrected chi connectivity index (χ4v) is 2.25. The fraction of sp³-hybridized carbons (Fsp3) is 0.0667. The van der Waals surface area contributed by atoms with E-state index in [4.69, 9.17) is 0 Å². The molecule has 4 nitrogen and oxygen atoms in total. The molecule has 1 N–H and O–H groups in total. The van der Waals surface area contributed by atoms with Crippen molar-refractivity contribution in [3.05, 3.63) is 54.1 Å². The van der Waals surface area contributed by atoms with Crippen molar-refractivity contribution in [3.63, 3.8) is 0 Å². The van der Waals surface area contributed by atoms with Gasteiger partial charge in [-0.25, -0.2) is 9.78 Å². The third kappa shape index (κ3) is 1.78. The monoisotopic (exact) mass is 252 g/mol. The normalized spacial score (nSPS) is 10.8. The Morgan fingerprint density at radius 3 is 2.53 bits per heavy atom. The lowest BCUT2D eigenvalue weighted by Gasteiger charge is -2.05. The van der Waals surface area contributed by atoms with Crippen LogP contribution in [0, 0.1) is 0 Å². The van der Waals surface area contributed by atoms with E-state index in [0.717, 1.165) is 11.0 Å². The lowest BCUT2D eigenvalue weighted by Crippen LogP contribution is -2.02. The largest absolute Gasteiger partial charge is 0.478 e. The SMILES string of the molecule is Cn1c(-c2ccccc2C(=O)O)nc2ccccc21. The number of nitrogens with zero attached hydrogens (tertiary/aromatic N) is 2. The van der Waals surface area contributed by atoms with Gasteiger partial charge in [-0.1, -0.05) is 30.3 Å². The number of carboxylic acid groups (broad SMARTS) is 1. The van der Waals surface area contributed by atoms with Crippen LogP contribution < -0.4 is 0 Å². The summed E-state index contributed by atoms with van der Waals surface area (Å²) in [5.41, 5.74) is 2.74. The molecule has 0 aliphatic carbocycles. The zero-order valence-electron chi connectivity index (χ0n) is 10.4. The molecule has 0 aliphatic rings. The van der Waals surface area contributed by atoms with E-state index in [-0.39, 0.29) is 5.56 Å². The third-order valence-electron chi connectivity index (χ3n) is 3.19. The Bertz CT molecular complexity index is 775. The van der Waals surface area contributed by atoms with Gasteiger partial charge in [-0.2, -0.15) is 0 Å². The maximum absolute atomic E-state index is 11.3. The summed E-state index contributed by atoms with van der Waals surface area (Å²) in [4.78, 5) is 15.8. The van der Waals surface area contributed by atoms with Gasteiger partial charge in [0.2, 0.25) is 0 Å². The lowest BCUT2D eigenvalue weighted by atomic mass is 10.1. The number of hydrogen-bond donors (Lipinski definition) is 1. The van der Waals surface area contributed by atoms with Crippen LogP contribution in [0.25, 0.3) is 22.4 Å². The first-order valence-electron chi connectivity index (χ1n) is 5.92. The molecule has 2 aromatic carbocycles. The van der Waals surface area contributed by atoms with Crippen molar-refractivity contribution < 1.29 is 9.90 Å². The van der Waals surface area contributed by atoms with Crippen LogP contribution in [0.1, 0.15) is 10.4 Å². The quantitative estimate of drug-likeness (QED) is 0.763. The number of benzene rings is 2. The standard InChI is InChI=1S/C15H12N2O2/c1-17-13-9-5-4-8-12(13)16-14(17)10-6-2-3-7-11(10)15(18)19/h2-9H,1H3,(H,18,19). The van der Waals surface area contributed by atoms with Gasteiger partial charge >= 0.3 is 5.97 Å². The van der Waals surface area contributed by atoms with Crippen molar-refractivity contribution in [2.24, 2.45) is 7.05 Å². The minimum atomic E-state index is -0.942. The van der Waals surface area contributed by atoms with Crippen LogP contribution in [-0.4, -0.2) is 20.6 Å². The van der Waals surface area contributed by atoms with Crippen LogP contribution in [-0.2, 0) is 7.05 Å². The maximum atomic E-state index is 11.3. The zero-order valence-corrected chi connectivity index (χ0v) is 10.4. The second kappa shape index (κ2) is 4.24. The van der Waals surface area contributed by atoms with Crippen molar-refractivity contribution in [1.82, 2.24) is 9.55 Å². The molecule has 0 radical (unpaired) electrons. The molecule has 0 unspecified atom stereocenters. The van der Waals surface area contributed by atoms with Gasteiger partial charge in [-0.05, 0) is 18.2 Å². The molecule has 1 aromatic heterocycles. The Balaban J connectivity index is 2.31. The number of aromatic carboxylic acids is 1. The summed E-state index contributed by atoms with van der Waals surface area (Å²) in [6, 6.07) is 14.7. The topological polar surface area (TPSA) is 55.1 Å². The van der Waals surface area contributed by atoms with Crippen LogP contribution in [0.5, 0.6) is 0 Å². The number of carbonyl (C=O) groups is 1. The highest BCUT2D eigenvalue weighted by molar-refractivity contribution is 5.96. The predicted molar refractivity (Wildman–Crippen MR) is 73.1 cm³/mol. The van der Waals surface area contributed by atoms with E-state index in [0.29, 0.717) is 11.4 Å².